The van der Waals surface area contributed by atoms with Crippen LogP contribution in [0.25, 0.3) is 22.2 Å². The minimum Gasteiger partial charge on any atom is -0.467 e. The molecule has 3 heterocycles. The van der Waals surface area contributed by atoms with Gasteiger partial charge in [-0.25, -0.2) is 23.7 Å². The summed E-state index contributed by atoms with van der Waals surface area (Å²) in [6.07, 6.45) is 5.81. The highest BCUT2D eigenvalue weighted by molar-refractivity contribution is 7.90. The Morgan fingerprint density at radius 3 is 2.41 bits per heavy atom. The topological polar surface area (TPSA) is 130 Å². The van der Waals surface area contributed by atoms with Gasteiger partial charge in [0.25, 0.3) is 0 Å². The number of halogens is 2. The first-order valence-corrected chi connectivity index (χ1v) is 11.1. The molecule has 0 unspecified atom stereocenters. The number of hydrogen-bond donors (Lipinski definition) is 2. The maximum Gasteiger partial charge on any atom is 0.316 e. The summed E-state index contributed by atoms with van der Waals surface area (Å²) in [7, 11) is -0.184. The van der Waals surface area contributed by atoms with Gasteiger partial charge in [-0.3, -0.25) is 9.52 Å². The van der Waals surface area contributed by atoms with Gasteiger partial charge in [0, 0.05) is 61.0 Å². The number of aromatic nitrogens is 4. The van der Waals surface area contributed by atoms with Gasteiger partial charge in [0.15, 0.2) is 5.82 Å². The number of methoxy groups -OCH3 is 1. The average molecular weight is 488 g/mol. The van der Waals surface area contributed by atoms with Crippen LogP contribution in [-0.2, 0) is 10.2 Å². The fraction of sp³-hybridized carbons (Fsp3) is 0.143. The molecule has 3 aromatic heterocycles. The molecule has 0 aliphatic rings. The van der Waals surface area contributed by atoms with Crippen LogP contribution in [0.1, 0.15) is 15.9 Å². The smallest absolute Gasteiger partial charge is 0.316 e. The second kappa shape index (κ2) is 8.76. The van der Waals surface area contributed by atoms with E-state index in [2.05, 4.69) is 19.9 Å². The molecule has 13 heteroatoms. The fourth-order valence-corrected chi connectivity index (χ4v) is 3.74. The number of nitrogens with zero attached hydrogens (tertiary/aromatic N) is 4. The molecule has 0 aliphatic carbocycles. The number of carbonyl (C=O) groups excluding carboxylic acids is 1. The number of ether oxygens (including phenoxy) is 1. The molecule has 0 bridgehead atoms. The van der Waals surface area contributed by atoms with Gasteiger partial charge in [0.05, 0.1) is 18.4 Å². The summed E-state index contributed by atoms with van der Waals surface area (Å²) < 4.78 is 61.6. The highest BCUT2D eigenvalue weighted by Gasteiger charge is 2.26. The van der Waals surface area contributed by atoms with Gasteiger partial charge >= 0.3 is 16.2 Å². The average Bonchev–Trinajstić information content (AvgIpc) is 3.24. The highest BCUT2D eigenvalue weighted by Crippen LogP contribution is 2.29. The molecule has 0 amide bonds. The van der Waals surface area contributed by atoms with Crippen LogP contribution in [-0.4, -0.2) is 59.6 Å². The van der Waals surface area contributed by atoms with Crippen molar-refractivity contribution in [2.75, 3.05) is 25.9 Å². The lowest BCUT2D eigenvalue weighted by Crippen LogP contribution is -2.29. The van der Waals surface area contributed by atoms with Gasteiger partial charge in [-0.1, -0.05) is 0 Å². The third-order valence-corrected chi connectivity index (χ3v) is 6.40. The van der Waals surface area contributed by atoms with Gasteiger partial charge in [-0.2, -0.15) is 12.7 Å². The number of benzene rings is 1. The van der Waals surface area contributed by atoms with Crippen LogP contribution in [0.4, 0.5) is 14.5 Å². The molecule has 0 fully saturated rings. The summed E-state index contributed by atoms with van der Waals surface area (Å²) in [5.74, 6) is -3.47. The van der Waals surface area contributed by atoms with E-state index >= 15 is 4.39 Å². The number of H-pyrrole nitrogens is 1. The normalized spacial score (nSPS) is 11.7. The predicted octanol–water partition coefficient (Wildman–Crippen LogP) is 2.76. The standard InChI is InChI=1S/C21H18F2N6O4S/c1-29(2)34(31,32)28-16-5-4-15(22)17(18(16)23)19(30)14-10-25-20-13(14)6-11(7-24-20)12-8-26-21(33-3)27-9-12/h4-10,28H,1-3H3,(H,24,25). The summed E-state index contributed by atoms with van der Waals surface area (Å²) in [5.41, 5.74) is -0.0778. The first kappa shape index (κ1) is 23.2. The van der Waals surface area contributed by atoms with Crippen molar-refractivity contribution in [1.29, 1.82) is 0 Å². The molecule has 0 aliphatic heterocycles. The van der Waals surface area contributed by atoms with E-state index in [1.54, 1.807) is 6.07 Å². The second-order valence-corrected chi connectivity index (χ2v) is 9.17. The van der Waals surface area contributed by atoms with Gasteiger partial charge < -0.3 is 9.72 Å². The number of aromatic amines is 1. The molecule has 1 aromatic carbocycles. The molecular weight excluding hydrogens is 470 g/mol. The summed E-state index contributed by atoms with van der Waals surface area (Å²) >= 11 is 0. The van der Waals surface area contributed by atoms with E-state index in [1.807, 2.05) is 4.72 Å². The first-order valence-electron chi connectivity index (χ1n) is 9.69. The number of anilines is 1. The maximum atomic E-state index is 15.1. The van der Waals surface area contributed by atoms with Gasteiger partial charge in [0.2, 0.25) is 5.78 Å². The van der Waals surface area contributed by atoms with Crippen LogP contribution in [0.2, 0.25) is 0 Å². The van der Waals surface area contributed by atoms with Gasteiger partial charge in [-0.05, 0) is 18.2 Å². The van der Waals surface area contributed by atoms with Crippen LogP contribution in [0.15, 0.2) is 43.0 Å². The summed E-state index contributed by atoms with van der Waals surface area (Å²) in [6, 6.07) is 3.50. The van der Waals surface area contributed by atoms with Gasteiger partial charge in [0.1, 0.15) is 11.5 Å². The van der Waals surface area contributed by atoms with Crippen molar-refractivity contribution in [3.05, 3.63) is 65.7 Å². The summed E-state index contributed by atoms with van der Waals surface area (Å²) in [4.78, 5) is 28.3. The van der Waals surface area contributed by atoms with E-state index in [-0.39, 0.29) is 11.6 Å². The van der Waals surface area contributed by atoms with E-state index in [9.17, 15) is 17.6 Å². The largest absolute Gasteiger partial charge is 0.467 e. The Morgan fingerprint density at radius 2 is 1.76 bits per heavy atom. The summed E-state index contributed by atoms with van der Waals surface area (Å²) in [6.45, 7) is 0. The Balaban J connectivity index is 1.78. The first-order chi connectivity index (χ1) is 16.1. The Bertz CT molecular complexity index is 1500. The summed E-state index contributed by atoms with van der Waals surface area (Å²) in [5, 5.41) is 0.302. The SMILES string of the molecule is COc1ncc(-c2cnc3[nH]cc(C(=O)c4c(F)ccc(NS(=O)(=O)N(C)C)c4F)c3c2)cn1. The Hall–Kier alpha value is -3.97. The Kier molecular flexibility index (Phi) is 5.98. The number of rotatable bonds is 7. The van der Waals surface area contributed by atoms with Gasteiger partial charge in [-0.15, -0.1) is 0 Å². The molecule has 4 aromatic rings. The van der Waals surface area contributed by atoms with Crippen LogP contribution in [0, 0.1) is 11.6 Å². The van der Waals surface area contributed by atoms with Crippen LogP contribution >= 0.6 is 0 Å². The molecule has 0 saturated heterocycles. The van der Waals surface area contributed by atoms with Crippen molar-refractivity contribution >= 4 is 32.7 Å². The monoisotopic (exact) mass is 488 g/mol. The van der Waals surface area contributed by atoms with E-state index in [4.69, 9.17) is 4.74 Å². The zero-order chi connectivity index (χ0) is 24.6. The number of carbonyl (C=O) groups is 1. The fourth-order valence-electron chi connectivity index (χ4n) is 3.12. The molecule has 0 saturated carbocycles. The predicted molar refractivity (Wildman–Crippen MR) is 120 cm³/mol. The lowest BCUT2D eigenvalue weighted by atomic mass is 10.0. The Morgan fingerprint density at radius 1 is 1.09 bits per heavy atom. The molecule has 10 nitrogen and oxygen atoms in total. The number of hydrogen-bond acceptors (Lipinski definition) is 7. The van der Waals surface area contributed by atoms with Crippen LogP contribution in [0.5, 0.6) is 6.01 Å². The number of pyridine rings is 1. The Labute approximate surface area is 192 Å². The molecule has 0 atom stereocenters. The molecule has 176 valence electrons. The van der Waals surface area contributed by atoms with Crippen LogP contribution in [0.3, 0.4) is 0 Å². The maximum absolute atomic E-state index is 15.1. The van der Waals surface area contributed by atoms with E-state index < -0.39 is 38.9 Å². The third-order valence-electron chi connectivity index (χ3n) is 4.96. The van der Waals surface area contributed by atoms with E-state index in [0.717, 1.165) is 16.4 Å². The molecule has 4 rings (SSSR count). The highest BCUT2D eigenvalue weighted by atomic mass is 32.2. The van der Waals surface area contributed by atoms with E-state index in [0.29, 0.717) is 22.2 Å². The molecule has 34 heavy (non-hydrogen) atoms. The number of nitrogens with one attached hydrogen (secondary N) is 2. The number of ketones is 1. The van der Waals surface area contributed by atoms with Crippen molar-refractivity contribution in [1.82, 2.24) is 24.2 Å². The van der Waals surface area contributed by atoms with Crippen molar-refractivity contribution in [3.8, 4) is 17.1 Å². The van der Waals surface area contributed by atoms with Crippen molar-refractivity contribution in [2.45, 2.75) is 0 Å². The van der Waals surface area contributed by atoms with Crippen LogP contribution < -0.4 is 9.46 Å². The lowest BCUT2D eigenvalue weighted by molar-refractivity contribution is 0.103. The van der Waals surface area contributed by atoms with Crippen molar-refractivity contribution in [3.63, 3.8) is 0 Å². The zero-order valence-electron chi connectivity index (χ0n) is 18.1. The van der Waals surface area contributed by atoms with Crippen molar-refractivity contribution < 1.29 is 26.7 Å². The molecular formula is C21H18F2N6O4S. The zero-order valence-corrected chi connectivity index (χ0v) is 18.9. The van der Waals surface area contributed by atoms with Crippen molar-refractivity contribution in [2.24, 2.45) is 0 Å². The van der Waals surface area contributed by atoms with E-state index in [1.165, 1.54) is 46.0 Å². The minimum atomic E-state index is -4.09. The second-order valence-electron chi connectivity index (χ2n) is 7.28. The lowest BCUT2D eigenvalue weighted by Gasteiger charge is -2.15. The molecule has 2 N–H and O–H groups in total. The minimum absolute atomic E-state index is 0.0517. The molecule has 0 radical (unpaired) electrons. The molecule has 0 spiro atoms. The number of fused-ring (bicyclic) bond motifs is 1. The third kappa shape index (κ3) is 4.18. The quantitative estimate of drug-likeness (QED) is 0.383.